The monoisotopic (exact) mass is 567 g/mol. The Balaban J connectivity index is 1.95. The van der Waals surface area contributed by atoms with Crippen LogP contribution in [0.4, 0.5) is 0 Å². The Hall–Kier alpha value is -4.79. The van der Waals surface area contributed by atoms with Crippen molar-refractivity contribution in [3.63, 3.8) is 0 Å². The number of aryl methyl sites for hydroxylation is 1. The van der Waals surface area contributed by atoms with Crippen LogP contribution in [0.1, 0.15) is 34.7 Å². The number of benzene rings is 3. The van der Waals surface area contributed by atoms with Gasteiger partial charge in [-0.25, -0.2) is 4.79 Å². The molecule has 3 aromatic carbocycles. The summed E-state index contributed by atoms with van der Waals surface area (Å²) >= 11 is 0. The maximum atomic E-state index is 13.4. The van der Waals surface area contributed by atoms with Crippen LogP contribution in [0.5, 0.6) is 11.5 Å². The highest BCUT2D eigenvalue weighted by atomic mass is 16.5. The summed E-state index contributed by atoms with van der Waals surface area (Å²) in [6.45, 7) is 1.35. The number of aliphatic hydroxyl groups excluding tert-OH is 1. The number of nitrogens with zero attached hydrogens (tertiary/aromatic N) is 4. The number of H-pyrrole nitrogens is 1. The molecule has 0 radical (unpaired) electrons. The number of aromatic nitrogens is 2. The minimum Gasteiger partial charge on any atom is -0.493 e. The fraction of sp³-hybridized carbons (Fsp3) is 0.312. The molecule has 0 bridgehead atoms. The molecular weight excluding hydrogens is 534 g/mol. The van der Waals surface area contributed by atoms with Crippen LogP contribution in [0.3, 0.4) is 0 Å². The first-order chi connectivity index (χ1) is 20.4. The van der Waals surface area contributed by atoms with Crippen LogP contribution in [-0.2, 0) is 5.41 Å². The third-order valence-electron chi connectivity index (χ3n) is 8.56. The number of rotatable bonds is 9. The molecule has 4 unspecified atom stereocenters. The summed E-state index contributed by atoms with van der Waals surface area (Å²) < 4.78 is 12.8. The number of hydrogen-bond donors (Lipinski definition) is 2. The standard InChI is InChI=1S/C32H33N5O5/c1-20-18-37(31(40)34-30(20)39)26-17-25(35-36-33)24(19-38)29(26)32(21-10-6-4-7-11-21,22-12-8-5-9-13-22)23-14-15-27(41-2)28(16-23)42-3/h4-16,18,24-26,29,38H,17,19H2,1-3H3,(H,34,39,40). The molecule has 0 saturated heterocycles. The van der Waals surface area contributed by atoms with Gasteiger partial charge in [-0.05, 0) is 53.6 Å². The largest absolute Gasteiger partial charge is 0.493 e. The molecule has 0 amide bonds. The molecule has 1 aliphatic carbocycles. The van der Waals surface area contributed by atoms with E-state index in [-0.39, 0.29) is 13.0 Å². The van der Waals surface area contributed by atoms with Gasteiger partial charge in [-0.15, -0.1) is 0 Å². The lowest BCUT2D eigenvalue weighted by atomic mass is 9.58. The summed E-state index contributed by atoms with van der Waals surface area (Å²) in [6.07, 6.45) is 1.83. The van der Waals surface area contributed by atoms with Gasteiger partial charge >= 0.3 is 5.69 Å². The average molecular weight is 568 g/mol. The summed E-state index contributed by atoms with van der Waals surface area (Å²) in [5.74, 6) is -0.00943. The van der Waals surface area contributed by atoms with Crippen LogP contribution < -0.4 is 20.7 Å². The Kier molecular flexibility index (Phi) is 8.20. The smallest absolute Gasteiger partial charge is 0.328 e. The first-order valence-electron chi connectivity index (χ1n) is 13.7. The van der Waals surface area contributed by atoms with Crippen LogP contribution in [-0.4, -0.2) is 41.5 Å². The minimum atomic E-state index is -0.983. The van der Waals surface area contributed by atoms with Gasteiger partial charge in [0.1, 0.15) is 0 Å². The van der Waals surface area contributed by atoms with Crippen molar-refractivity contribution < 1.29 is 14.6 Å². The predicted molar refractivity (Wildman–Crippen MR) is 159 cm³/mol. The van der Waals surface area contributed by atoms with E-state index in [0.717, 1.165) is 16.7 Å². The van der Waals surface area contributed by atoms with E-state index in [0.29, 0.717) is 17.1 Å². The lowest BCUT2D eigenvalue weighted by Crippen LogP contribution is -2.47. The van der Waals surface area contributed by atoms with Gasteiger partial charge in [0.05, 0.1) is 19.6 Å². The van der Waals surface area contributed by atoms with Crippen LogP contribution in [0.2, 0.25) is 0 Å². The third kappa shape index (κ3) is 4.74. The van der Waals surface area contributed by atoms with Gasteiger partial charge in [-0.3, -0.25) is 14.3 Å². The van der Waals surface area contributed by atoms with Gasteiger partial charge in [0.2, 0.25) is 0 Å². The van der Waals surface area contributed by atoms with E-state index in [1.807, 2.05) is 78.9 Å². The van der Waals surface area contributed by atoms with Crippen LogP contribution >= 0.6 is 0 Å². The molecule has 42 heavy (non-hydrogen) atoms. The molecule has 1 fully saturated rings. The van der Waals surface area contributed by atoms with E-state index in [9.17, 15) is 20.2 Å². The summed E-state index contributed by atoms with van der Waals surface area (Å²) in [5, 5.41) is 15.1. The van der Waals surface area contributed by atoms with Gasteiger partial charge in [0.15, 0.2) is 11.5 Å². The molecule has 4 aromatic rings. The molecule has 4 atom stereocenters. The first kappa shape index (κ1) is 28.7. The summed E-state index contributed by atoms with van der Waals surface area (Å²) in [6, 6.07) is 24.3. The van der Waals surface area contributed by atoms with Crippen LogP contribution in [0, 0.1) is 18.8 Å². The molecule has 0 spiro atoms. The second-order valence-corrected chi connectivity index (χ2v) is 10.5. The Bertz CT molecular complexity index is 1670. The lowest BCUT2D eigenvalue weighted by molar-refractivity contribution is 0.137. The molecule has 10 nitrogen and oxygen atoms in total. The van der Waals surface area contributed by atoms with Gasteiger partial charge in [-0.1, -0.05) is 71.8 Å². The minimum absolute atomic E-state index is 0.278. The highest BCUT2D eigenvalue weighted by Gasteiger charge is 2.56. The highest BCUT2D eigenvalue weighted by Crippen LogP contribution is 2.58. The van der Waals surface area contributed by atoms with E-state index < -0.39 is 40.6 Å². The quantitative estimate of drug-likeness (QED) is 0.130. The normalized spacial score (nSPS) is 20.1. The third-order valence-corrected chi connectivity index (χ3v) is 8.56. The van der Waals surface area contributed by atoms with E-state index in [4.69, 9.17) is 9.47 Å². The zero-order valence-corrected chi connectivity index (χ0v) is 23.7. The van der Waals surface area contributed by atoms with E-state index in [1.54, 1.807) is 27.3 Å². The number of aliphatic hydroxyl groups is 1. The van der Waals surface area contributed by atoms with E-state index in [1.165, 1.54) is 4.57 Å². The molecule has 1 aliphatic rings. The predicted octanol–water partition coefficient (Wildman–Crippen LogP) is 4.75. The van der Waals surface area contributed by atoms with E-state index in [2.05, 4.69) is 15.0 Å². The van der Waals surface area contributed by atoms with Crippen molar-refractivity contribution in [1.82, 2.24) is 9.55 Å². The Morgan fingerprint density at radius 2 is 1.60 bits per heavy atom. The molecule has 10 heteroatoms. The summed E-state index contributed by atoms with van der Waals surface area (Å²) in [5.41, 5.74) is 10.5. The molecule has 1 saturated carbocycles. The second-order valence-electron chi connectivity index (χ2n) is 10.5. The number of ether oxygens (including phenoxy) is 2. The lowest BCUT2D eigenvalue weighted by Gasteiger charge is -2.46. The van der Waals surface area contributed by atoms with Crippen molar-refractivity contribution in [2.45, 2.75) is 30.8 Å². The van der Waals surface area contributed by atoms with Crippen molar-refractivity contribution in [1.29, 1.82) is 0 Å². The second kappa shape index (κ2) is 12.0. The number of azide groups is 1. The molecule has 0 aliphatic heterocycles. The fourth-order valence-corrected chi connectivity index (χ4v) is 6.82. The number of hydrogen-bond acceptors (Lipinski definition) is 6. The SMILES string of the molecule is COc1ccc(C(c2ccccc2)(c2ccccc2)C2C(CO)C(N=[N+]=[N-])CC2n2cc(C)c(=O)[nH]c2=O)cc1OC. The Morgan fingerprint density at radius 3 is 2.14 bits per heavy atom. The molecule has 1 aromatic heterocycles. The van der Waals surface area contributed by atoms with Crippen molar-refractivity contribution in [3.05, 3.63) is 139 Å². The van der Waals surface area contributed by atoms with Crippen molar-refractivity contribution in [2.24, 2.45) is 17.0 Å². The maximum Gasteiger partial charge on any atom is 0.328 e. The van der Waals surface area contributed by atoms with Crippen molar-refractivity contribution in [2.75, 3.05) is 20.8 Å². The molecule has 216 valence electrons. The van der Waals surface area contributed by atoms with Crippen molar-refractivity contribution in [3.8, 4) is 11.5 Å². The zero-order valence-electron chi connectivity index (χ0n) is 23.7. The molecule has 1 heterocycles. The summed E-state index contributed by atoms with van der Waals surface area (Å²) in [4.78, 5) is 31.3. The summed E-state index contributed by atoms with van der Waals surface area (Å²) in [7, 11) is 3.15. The molecular formula is C32H33N5O5. The first-order valence-corrected chi connectivity index (χ1v) is 13.7. The van der Waals surface area contributed by atoms with Gasteiger partial charge < -0.3 is 14.6 Å². The van der Waals surface area contributed by atoms with E-state index >= 15 is 0 Å². The fourth-order valence-electron chi connectivity index (χ4n) is 6.82. The van der Waals surface area contributed by atoms with Crippen LogP contribution in [0.25, 0.3) is 10.4 Å². The number of aromatic amines is 1. The van der Waals surface area contributed by atoms with Gasteiger partial charge in [0.25, 0.3) is 5.56 Å². The van der Waals surface area contributed by atoms with Crippen molar-refractivity contribution >= 4 is 0 Å². The molecule has 2 N–H and O–H groups in total. The molecule has 5 rings (SSSR count). The number of nitrogens with one attached hydrogen (secondary N) is 1. The number of methoxy groups -OCH3 is 2. The Labute approximate surface area is 242 Å². The van der Waals surface area contributed by atoms with Gasteiger partial charge in [-0.2, -0.15) is 0 Å². The Morgan fingerprint density at radius 1 is 0.976 bits per heavy atom. The maximum absolute atomic E-state index is 13.4. The topological polar surface area (TPSA) is 142 Å². The van der Waals surface area contributed by atoms with Crippen LogP contribution in [0.15, 0.2) is 99.8 Å². The van der Waals surface area contributed by atoms with Gasteiger partial charge in [0, 0.05) is 41.3 Å². The zero-order chi connectivity index (χ0) is 29.9. The highest BCUT2D eigenvalue weighted by molar-refractivity contribution is 5.56. The average Bonchev–Trinajstić information content (AvgIpc) is 3.38.